The molecule has 4 rings (SSSR count). The predicted octanol–water partition coefficient (Wildman–Crippen LogP) is 1.41. The summed E-state index contributed by atoms with van der Waals surface area (Å²) in [4.78, 5) is 40.7. The number of carbonyl (C=O) groups is 1. The zero-order valence-corrected chi connectivity index (χ0v) is 15.4. The van der Waals surface area contributed by atoms with Crippen molar-refractivity contribution in [2.75, 3.05) is 31.1 Å². The van der Waals surface area contributed by atoms with Gasteiger partial charge in [-0.1, -0.05) is 0 Å². The van der Waals surface area contributed by atoms with E-state index in [2.05, 4.69) is 19.9 Å². The fourth-order valence-electron chi connectivity index (χ4n) is 3.36. The zero-order valence-electron chi connectivity index (χ0n) is 15.4. The molecule has 0 N–H and O–H groups in total. The van der Waals surface area contributed by atoms with E-state index in [0.29, 0.717) is 42.8 Å². The molecule has 3 heterocycles. The topological polar surface area (TPSA) is 84.2 Å². The monoisotopic (exact) mass is 400 g/mol. The first-order chi connectivity index (χ1) is 14.0. The summed E-state index contributed by atoms with van der Waals surface area (Å²) in [7, 11) is 0. The Bertz CT molecular complexity index is 1080. The highest BCUT2D eigenvalue weighted by molar-refractivity contribution is 5.92. The molecule has 150 valence electrons. The average molecular weight is 400 g/mol. The van der Waals surface area contributed by atoms with Gasteiger partial charge in [0.15, 0.2) is 0 Å². The number of hydrogen-bond acceptors (Lipinski definition) is 6. The van der Waals surface area contributed by atoms with Gasteiger partial charge in [-0.05, 0) is 18.2 Å². The third kappa shape index (κ3) is 3.91. The molecular weight excluding hydrogens is 382 g/mol. The van der Waals surface area contributed by atoms with E-state index in [4.69, 9.17) is 0 Å². The average Bonchev–Trinajstić information content (AvgIpc) is 2.75. The van der Waals surface area contributed by atoms with E-state index in [1.165, 1.54) is 18.6 Å². The number of rotatable bonds is 4. The number of amides is 1. The molecule has 29 heavy (non-hydrogen) atoms. The van der Waals surface area contributed by atoms with Crippen LogP contribution in [0.3, 0.4) is 0 Å². The maximum atomic E-state index is 12.6. The van der Waals surface area contributed by atoms with Crippen molar-refractivity contribution in [3.05, 3.63) is 59.2 Å². The summed E-state index contributed by atoms with van der Waals surface area (Å²) < 4.78 is 26.1. The van der Waals surface area contributed by atoms with Crippen LogP contribution in [0.2, 0.25) is 0 Å². The number of alkyl halides is 2. The number of halogens is 2. The summed E-state index contributed by atoms with van der Waals surface area (Å²) in [6.07, 6.45) is 2.99. The lowest BCUT2D eigenvalue weighted by Gasteiger charge is -2.36. The number of anilines is 1. The second-order valence-electron chi connectivity index (χ2n) is 6.66. The summed E-state index contributed by atoms with van der Waals surface area (Å²) >= 11 is 0. The van der Waals surface area contributed by atoms with Crippen molar-refractivity contribution in [1.29, 1.82) is 0 Å². The summed E-state index contributed by atoms with van der Waals surface area (Å²) in [5.41, 5.74) is 1.15. The van der Waals surface area contributed by atoms with Gasteiger partial charge in [-0.25, -0.2) is 18.7 Å². The summed E-state index contributed by atoms with van der Waals surface area (Å²) in [6.45, 7) is 1.60. The van der Waals surface area contributed by atoms with Crippen molar-refractivity contribution in [3.8, 4) is 0 Å². The first kappa shape index (κ1) is 18.9. The number of aromatic nitrogens is 4. The molecular formula is C19H18F2N6O2. The van der Waals surface area contributed by atoms with Crippen molar-refractivity contribution < 1.29 is 13.6 Å². The number of benzene rings is 1. The van der Waals surface area contributed by atoms with Crippen LogP contribution in [0.5, 0.6) is 0 Å². The number of fused-ring (bicyclic) bond motifs is 1. The Morgan fingerprint density at radius 2 is 1.90 bits per heavy atom. The molecule has 10 heteroatoms. The lowest BCUT2D eigenvalue weighted by Crippen LogP contribution is -2.49. The smallest absolute Gasteiger partial charge is 0.274 e. The van der Waals surface area contributed by atoms with E-state index in [1.54, 1.807) is 23.1 Å². The predicted molar refractivity (Wildman–Crippen MR) is 102 cm³/mol. The van der Waals surface area contributed by atoms with Gasteiger partial charge >= 0.3 is 0 Å². The molecule has 0 atom stereocenters. The van der Waals surface area contributed by atoms with Crippen LogP contribution in [0.1, 0.15) is 10.5 Å². The Morgan fingerprint density at radius 1 is 1.10 bits per heavy atom. The van der Waals surface area contributed by atoms with E-state index >= 15 is 0 Å². The van der Waals surface area contributed by atoms with Crippen molar-refractivity contribution in [2.24, 2.45) is 0 Å². The van der Waals surface area contributed by atoms with E-state index in [-0.39, 0.29) is 5.91 Å². The van der Waals surface area contributed by atoms with Gasteiger partial charge < -0.3 is 9.80 Å². The molecule has 0 radical (unpaired) electrons. The molecule has 8 nitrogen and oxygen atoms in total. The highest BCUT2D eigenvalue weighted by Crippen LogP contribution is 2.21. The van der Waals surface area contributed by atoms with E-state index in [9.17, 15) is 18.4 Å². The Kier molecular flexibility index (Phi) is 5.15. The second-order valence-corrected chi connectivity index (χ2v) is 6.66. The second kappa shape index (κ2) is 7.90. The van der Waals surface area contributed by atoms with Gasteiger partial charge in [-0.15, -0.1) is 0 Å². The lowest BCUT2D eigenvalue weighted by molar-refractivity contribution is 0.0740. The van der Waals surface area contributed by atoms with Crippen LogP contribution in [-0.4, -0.2) is 62.9 Å². The fraction of sp³-hybridized carbons (Fsp3) is 0.316. The van der Waals surface area contributed by atoms with E-state index in [1.807, 2.05) is 0 Å². The third-order valence-electron chi connectivity index (χ3n) is 4.86. The van der Waals surface area contributed by atoms with Crippen molar-refractivity contribution >= 4 is 22.5 Å². The lowest BCUT2D eigenvalue weighted by atomic mass is 10.2. The van der Waals surface area contributed by atoms with Gasteiger partial charge in [-0.3, -0.25) is 19.1 Å². The van der Waals surface area contributed by atoms with Crippen molar-refractivity contribution in [2.45, 2.75) is 13.0 Å². The maximum Gasteiger partial charge on any atom is 0.274 e. The van der Waals surface area contributed by atoms with Crippen LogP contribution in [-0.2, 0) is 6.54 Å². The Balaban J connectivity index is 1.48. The number of nitrogens with zero attached hydrogens (tertiary/aromatic N) is 6. The molecule has 1 amide bonds. The zero-order chi connectivity index (χ0) is 20.4. The van der Waals surface area contributed by atoms with Gasteiger partial charge in [0.2, 0.25) is 0 Å². The minimum absolute atomic E-state index is 0.155. The molecule has 0 unspecified atom stereocenters. The molecule has 1 aliphatic rings. The molecule has 3 aromatic rings. The largest absolute Gasteiger partial charge is 0.368 e. The highest BCUT2D eigenvalue weighted by atomic mass is 19.3. The molecule has 1 aromatic carbocycles. The minimum Gasteiger partial charge on any atom is -0.368 e. The van der Waals surface area contributed by atoms with Crippen LogP contribution in [0.15, 0.2) is 47.9 Å². The molecule has 1 aliphatic heterocycles. The van der Waals surface area contributed by atoms with Gasteiger partial charge in [0.1, 0.15) is 5.69 Å². The fourth-order valence-corrected chi connectivity index (χ4v) is 3.36. The number of piperazine rings is 1. The summed E-state index contributed by atoms with van der Waals surface area (Å²) in [6, 6.07) is 5.15. The Labute approximate surface area is 164 Å². The highest BCUT2D eigenvalue weighted by Gasteiger charge is 2.23. The normalized spacial score (nSPS) is 14.6. The van der Waals surface area contributed by atoms with Crippen LogP contribution in [0.4, 0.5) is 14.5 Å². The Morgan fingerprint density at radius 3 is 2.59 bits per heavy atom. The van der Waals surface area contributed by atoms with Gasteiger partial charge in [0.05, 0.1) is 30.0 Å². The van der Waals surface area contributed by atoms with Crippen molar-refractivity contribution in [3.63, 3.8) is 0 Å². The maximum absolute atomic E-state index is 12.6. The summed E-state index contributed by atoms with van der Waals surface area (Å²) in [5, 5.41) is 0.299. The van der Waals surface area contributed by atoms with E-state index in [0.717, 1.165) is 16.6 Å². The van der Waals surface area contributed by atoms with Gasteiger partial charge in [0, 0.05) is 44.3 Å². The standard InChI is InChI=1S/C19H18F2N6O2/c20-17(21)11-27-12-24-15-9-13(1-2-14(15)18(27)28)25-5-7-26(8-6-25)19(29)16-10-22-3-4-23-16/h1-4,9-10,12,17H,5-8,11H2. The third-order valence-corrected chi connectivity index (χ3v) is 4.86. The van der Waals surface area contributed by atoms with Crippen LogP contribution >= 0.6 is 0 Å². The van der Waals surface area contributed by atoms with Gasteiger partial charge in [0.25, 0.3) is 17.9 Å². The molecule has 1 fully saturated rings. The SMILES string of the molecule is O=C(c1cnccn1)N1CCN(c2ccc3c(=O)n(CC(F)F)cnc3c2)CC1. The summed E-state index contributed by atoms with van der Waals surface area (Å²) in [5.74, 6) is -0.155. The first-order valence-corrected chi connectivity index (χ1v) is 9.10. The van der Waals surface area contributed by atoms with E-state index < -0.39 is 18.5 Å². The van der Waals surface area contributed by atoms with Crippen LogP contribution < -0.4 is 10.5 Å². The molecule has 0 bridgehead atoms. The minimum atomic E-state index is -2.62. The van der Waals surface area contributed by atoms with Crippen LogP contribution in [0.25, 0.3) is 10.9 Å². The molecule has 0 aliphatic carbocycles. The molecule has 0 saturated carbocycles. The molecule has 1 saturated heterocycles. The van der Waals surface area contributed by atoms with Crippen LogP contribution in [0, 0.1) is 0 Å². The number of hydrogen-bond donors (Lipinski definition) is 0. The van der Waals surface area contributed by atoms with Gasteiger partial charge in [-0.2, -0.15) is 0 Å². The number of carbonyl (C=O) groups excluding carboxylic acids is 1. The molecule has 0 spiro atoms. The molecule has 2 aromatic heterocycles. The first-order valence-electron chi connectivity index (χ1n) is 9.10. The quantitative estimate of drug-likeness (QED) is 0.659. The van der Waals surface area contributed by atoms with Crippen molar-refractivity contribution in [1.82, 2.24) is 24.4 Å². The Hall–Kier alpha value is -3.43.